The summed E-state index contributed by atoms with van der Waals surface area (Å²) in [7, 11) is 1.20. The van der Waals surface area contributed by atoms with Crippen molar-refractivity contribution in [3.8, 4) is 0 Å². The molecule has 0 bridgehead atoms. The Bertz CT molecular complexity index is 1560. The van der Waals surface area contributed by atoms with Crippen molar-refractivity contribution in [1.82, 2.24) is 5.32 Å². The van der Waals surface area contributed by atoms with Crippen molar-refractivity contribution < 1.29 is 37.3 Å². The lowest BCUT2D eigenvalue weighted by Crippen LogP contribution is -2.47. The second-order valence-electron chi connectivity index (χ2n) is 25.7. The Kier molecular flexibility index (Phi) is 61.5. The smallest absolute Gasteiger partial charge is 0.306 e. The molecule has 1 amide bonds. The Morgan fingerprint density at radius 3 is 1.12 bits per heavy atom. The van der Waals surface area contributed by atoms with Crippen LogP contribution in [0, 0.1) is 0 Å². The lowest BCUT2D eigenvalue weighted by molar-refractivity contribution is -0.870. The molecule has 0 aliphatic heterocycles. The van der Waals surface area contributed by atoms with Crippen molar-refractivity contribution in [2.45, 2.75) is 367 Å². The summed E-state index contributed by atoms with van der Waals surface area (Å²) in [5.74, 6) is -0.523. The second-order valence-corrected chi connectivity index (χ2v) is 27.2. The maximum atomic E-state index is 13.6. The average molecular weight is 1190 g/mol. The van der Waals surface area contributed by atoms with Crippen molar-refractivity contribution in [3.05, 3.63) is 48.6 Å². The van der Waals surface area contributed by atoms with Crippen LogP contribution in [0.5, 0.6) is 0 Å². The van der Waals surface area contributed by atoms with E-state index in [1.54, 1.807) is 0 Å². The standard InChI is InChI=1S/C73H139N2O7P/c1-7-10-13-16-19-22-25-28-30-32-33-34-35-36-37-38-39-40-41-43-44-47-50-53-56-59-62-65-72(76)74-70(69-81-83(78,79)80-68-67-75(4,5)6)71(64-61-58-55-52-49-46-27-24-21-18-15-12-9-3)82-73(77)66-63-60-57-54-51-48-45-42-31-29-26-23-20-17-14-11-8-2/h19,22,28,30,33-34,61,64,70-71H,7-18,20-21,23-27,29,31-32,35-60,62-63,65-69H2,1-6H3,(H-,74,76,78,79)/b22-19-,30-28-,34-33-,64-61-. The van der Waals surface area contributed by atoms with Crippen LogP contribution in [0.3, 0.4) is 0 Å². The van der Waals surface area contributed by atoms with E-state index < -0.39 is 20.0 Å². The summed E-state index contributed by atoms with van der Waals surface area (Å²) in [6, 6.07) is -0.886. The van der Waals surface area contributed by atoms with Crippen LogP contribution in [0.15, 0.2) is 48.6 Å². The highest BCUT2D eigenvalue weighted by molar-refractivity contribution is 7.45. The van der Waals surface area contributed by atoms with Crippen LogP contribution in [0.2, 0.25) is 0 Å². The number of esters is 1. The number of quaternary nitrogens is 1. The fraction of sp³-hybridized carbons (Fsp3) is 0.863. The zero-order valence-corrected chi connectivity index (χ0v) is 56.8. The molecule has 0 saturated heterocycles. The summed E-state index contributed by atoms with van der Waals surface area (Å²) in [5, 5.41) is 3.05. The molecule has 0 spiro atoms. The monoisotopic (exact) mass is 1190 g/mol. The van der Waals surface area contributed by atoms with Crippen LogP contribution in [0.1, 0.15) is 355 Å². The quantitative estimate of drug-likeness (QED) is 0.0212. The number of allylic oxidation sites excluding steroid dienone is 7. The van der Waals surface area contributed by atoms with E-state index in [1.165, 1.54) is 250 Å². The molecule has 0 fully saturated rings. The Balaban J connectivity index is 5.02. The van der Waals surface area contributed by atoms with Gasteiger partial charge in [-0.3, -0.25) is 14.2 Å². The molecule has 3 unspecified atom stereocenters. The summed E-state index contributed by atoms with van der Waals surface area (Å²) in [6.45, 7) is 6.87. The maximum absolute atomic E-state index is 13.6. The van der Waals surface area contributed by atoms with Gasteiger partial charge in [0.25, 0.3) is 7.82 Å². The van der Waals surface area contributed by atoms with E-state index in [4.69, 9.17) is 13.8 Å². The van der Waals surface area contributed by atoms with Crippen LogP contribution >= 0.6 is 7.82 Å². The predicted octanol–water partition coefficient (Wildman–Crippen LogP) is 22.2. The molecule has 0 aromatic carbocycles. The number of amides is 1. The van der Waals surface area contributed by atoms with Gasteiger partial charge in [-0.1, -0.05) is 320 Å². The Morgan fingerprint density at radius 1 is 0.422 bits per heavy atom. The van der Waals surface area contributed by atoms with Gasteiger partial charge in [-0.2, -0.15) is 0 Å². The van der Waals surface area contributed by atoms with Gasteiger partial charge >= 0.3 is 5.97 Å². The number of phosphoric acid groups is 1. The van der Waals surface area contributed by atoms with E-state index in [9.17, 15) is 19.0 Å². The fourth-order valence-corrected chi connectivity index (χ4v) is 11.4. The third-order valence-corrected chi connectivity index (χ3v) is 17.2. The molecule has 0 radical (unpaired) electrons. The van der Waals surface area contributed by atoms with E-state index in [2.05, 4.69) is 62.5 Å². The molecule has 0 rings (SSSR count). The van der Waals surface area contributed by atoms with Gasteiger partial charge in [-0.05, 0) is 70.3 Å². The minimum absolute atomic E-state index is 0.0201. The van der Waals surface area contributed by atoms with Crippen LogP contribution in [0.25, 0.3) is 0 Å². The summed E-state index contributed by atoms with van der Waals surface area (Å²) in [6.07, 6.45) is 79.4. The summed E-state index contributed by atoms with van der Waals surface area (Å²) >= 11 is 0. The molecule has 488 valence electrons. The number of hydrogen-bond donors (Lipinski definition) is 1. The van der Waals surface area contributed by atoms with Crippen LogP contribution in [-0.2, 0) is 27.9 Å². The number of ether oxygens (including phenoxy) is 1. The fourth-order valence-electron chi connectivity index (χ4n) is 10.7. The molecule has 9 nitrogen and oxygen atoms in total. The second kappa shape index (κ2) is 63.0. The van der Waals surface area contributed by atoms with E-state index in [0.717, 1.165) is 70.6 Å². The number of carbonyl (C=O) groups is 2. The Hall–Kier alpha value is -2.03. The van der Waals surface area contributed by atoms with Gasteiger partial charge < -0.3 is 28.5 Å². The van der Waals surface area contributed by atoms with Gasteiger partial charge in [-0.25, -0.2) is 0 Å². The first-order valence-corrected chi connectivity index (χ1v) is 37.4. The zero-order valence-electron chi connectivity index (χ0n) is 55.9. The highest BCUT2D eigenvalue weighted by Crippen LogP contribution is 2.38. The summed E-state index contributed by atoms with van der Waals surface area (Å²) < 4.78 is 30.5. The van der Waals surface area contributed by atoms with Crippen LogP contribution in [0.4, 0.5) is 0 Å². The van der Waals surface area contributed by atoms with Gasteiger partial charge in [0.15, 0.2) is 0 Å². The van der Waals surface area contributed by atoms with Crippen molar-refractivity contribution in [2.24, 2.45) is 0 Å². The molecule has 1 N–H and O–H groups in total. The number of unbranched alkanes of at least 4 members (excludes halogenated alkanes) is 44. The number of hydrogen-bond acceptors (Lipinski definition) is 7. The first-order valence-electron chi connectivity index (χ1n) is 35.9. The molecule has 3 atom stereocenters. The number of nitrogens with one attached hydrogen (secondary N) is 1. The largest absolute Gasteiger partial charge is 0.756 e. The van der Waals surface area contributed by atoms with Gasteiger partial charge in [0.2, 0.25) is 5.91 Å². The van der Waals surface area contributed by atoms with Gasteiger partial charge in [0, 0.05) is 12.8 Å². The Labute approximate surface area is 516 Å². The number of rotatable bonds is 66. The van der Waals surface area contributed by atoms with Crippen molar-refractivity contribution >= 4 is 19.7 Å². The van der Waals surface area contributed by atoms with Crippen molar-refractivity contribution in [3.63, 3.8) is 0 Å². The summed E-state index contributed by atoms with van der Waals surface area (Å²) in [4.78, 5) is 40.2. The molecule has 0 heterocycles. The Morgan fingerprint density at radius 2 is 0.735 bits per heavy atom. The van der Waals surface area contributed by atoms with E-state index >= 15 is 0 Å². The third kappa shape index (κ3) is 64.3. The molecular weight excluding hydrogens is 1050 g/mol. The first-order chi connectivity index (χ1) is 40.4. The van der Waals surface area contributed by atoms with Gasteiger partial charge in [0.05, 0.1) is 33.8 Å². The number of carbonyl (C=O) groups excluding carboxylic acids is 2. The van der Waals surface area contributed by atoms with E-state index in [1.807, 2.05) is 33.3 Å². The minimum Gasteiger partial charge on any atom is -0.756 e. The van der Waals surface area contributed by atoms with Crippen molar-refractivity contribution in [2.75, 3.05) is 40.9 Å². The van der Waals surface area contributed by atoms with Gasteiger partial charge in [-0.15, -0.1) is 0 Å². The normalized spacial score (nSPS) is 13.8. The number of likely N-dealkylation sites (N-methyl/N-ethyl adjacent to an activating group) is 1. The third-order valence-electron chi connectivity index (χ3n) is 16.3. The predicted molar refractivity (Wildman–Crippen MR) is 358 cm³/mol. The molecule has 0 aromatic rings. The molecule has 0 aliphatic carbocycles. The lowest BCUT2D eigenvalue weighted by atomic mass is 10.0. The molecule has 83 heavy (non-hydrogen) atoms. The number of nitrogens with zero attached hydrogens (tertiary/aromatic N) is 1. The average Bonchev–Trinajstić information content (AvgIpc) is 3.47. The number of phosphoric ester groups is 1. The van der Waals surface area contributed by atoms with E-state index in [-0.39, 0.29) is 31.5 Å². The highest BCUT2D eigenvalue weighted by Gasteiger charge is 2.27. The van der Waals surface area contributed by atoms with Gasteiger partial charge in [0.1, 0.15) is 19.3 Å². The molecule has 0 saturated carbocycles. The SMILES string of the molecule is CCCCC/C=C\C/C=C\C/C=C\CCCCCCCCCCCCCCCCC(=O)NC(COP(=O)([O-])OCC[N+](C)(C)C)C(/C=C\CCCCCCCCCCCCC)OC(=O)CCCCCCCCCCCCCCCCCCC. The van der Waals surface area contributed by atoms with Crippen molar-refractivity contribution in [1.29, 1.82) is 0 Å². The van der Waals surface area contributed by atoms with Crippen LogP contribution < -0.4 is 10.2 Å². The van der Waals surface area contributed by atoms with Crippen LogP contribution in [-0.4, -0.2) is 69.4 Å². The summed E-state index contributed by atoms with van der Waals surface area (Å²) in [5.41, 5.74) is 0. The van der Waals surface area contributed by atoms with E-state index in [0.29, 0.717) is 17.4 Å². The molecule has 0 aromatic heterocycles. The first kappa shape index (κ1) is 81.0. The maximum Gasteiger partial charge on any atom is 0.306 e. The lowest BCUT2D eigenvalue weighted by Gasteiger charge is -2.30. The molecule has 10 heteroatoms. The zero-order chi connectivity index (χ0) is 60.7. The highest BCUT2D eigenvalue weighted by atomic mass is 31.2. The molecule has 0 aliphatic rings. The topological polar surface area (TPSA) is 114 Å². The molecular formula is C73H139N2O7P. The minimum atomic E-state index is -4.70.